The van der Waals surface area contributed by atoms with E-state index in [2.05, 4.69) is 43.2 Å². The van der Waals surface area contributed by atoms with E-state index in [0.717, 1.165) is 31.5 Å². The maximum Gasteiger partial charge on any atom is 0.0707 e. The molecule has 98 valence electrons. The Hall–Kier alpha value is -1.35. The highest BCUT2D eigenvalue weighted by molar-refractivity contribution is 5.81. The van der Waals surface area contributed by atoms with E-state index in [0.29, 0.717) is 5.92 Å². The van der Waals surface area contributed by atoms with Crippen molar-refractivity contribution < 1.29 is 5.11 Å². The van der Waals surface area contributed by atoms with Gasteiger partial charge < -0.3 is 5.11 Å². The van der Waals surface area contributed by atoms with Crippen LogP contribution >= 0.6 is 0 Å². The summed E-state index contributed by atoms with van der Waals surface area (Å²) in [6.07, 6.45) is 3.04. The van der Waals surface area contributed by atoms with E-state index in [1.807, 2.05) is 4.68 Å². The molecule has 0 bridgehead atoms. The van der Waals surface area contributed by atoms with Crippen molar-refractivity contribution in [3.8, 4) is 0 Å². The summed E-state index contributed by atoms with van der Waals surface area (Å²) >= 11 is 0. The Morgan fingerprint density at radius 1 is 1.28 bits per heavy atom. The van der Waals surface area contributed by atoms with E-state index in [-0.39, 0.29) is 6.61 Å². The Morgan fingerprint density at radius 2 is 2.06 bits per heavy atom. The van der Waals surface area contributed by atoms with Crippen LogP contribution in [0.1, 0.15) is 32.4 Å². The van der Waals surface area contributed by atoms with Crippen LogP contribution in [0.25, 0.3) is 10.9 Å². The Morgan fingerprint density at radius 3 is 2.72 bits per heavy atom. The van der Waals surface area contributed by atoms with Gasteiger partial charge in [-0.25, -0.2) is 0 Å². The lowest BCUT2D eigenvalue weighted by Crippen LogP contribution is -2.10. The molecule has 1 heterocycles. The third-order valence-corrected chi connectivity index (χ3v) is 3.47. The lowest BCUT2D eigenvalue weighted by Gasteiger charge is -2.10. The van der Waals surface area contributed by atoms with Gasteiger partial charge in [0, 0.05) is 18.5 Å². The molecule has 2 aromatic rings. The van der Waals surface area contributed by atoms with Crippen molar-refractivity contribution in [2.45, 2.75) is 39.7 Å². The first kappa shape index (κ1) is 13.1. The molecule has 0 radical (unpaired) electrons. The van der Waals surface area contributed by atoms with E-state index >= 15 is 0 Å². The van der Waals surface area contributed by atoms with E-state index in [9.17, 15) is 5.11 Å². The van der Waals surface area contributed by atoms with Crippen LogP contribution in [0.2, 0.25) is 0 Å². The van der Waals surface area contributed by atoms with E-state index in [4.69, 9.17) is 0 Å². The number of nitrogens with zero attached hydrogens (tertiary/aromatic N) is 2. The molecule has 1 unspecified atom stereocenters. The largest absolute Gasteiger partial charge is 0.396 e. The molecule has 1 aromatic carbocycles. The van der Waals surface area contributed by atoms with Gasteiger partial charge in [0.2, 0.25) is 0 Å². The Balaban J connectivity index is 2.32. The van der Waals surface area contributed by atoms with Crippen LogP contribution < -0.4 is 0 Å². The molecule has 3 nitrogen and oxygen atoms in total. The molecule has 18 heavy (non-hydrogen) atoms. The number of benzene rings is 1. The summed E-state index contributed by atoms with van der Waals surface area (Å²) in [6.45, 7) is 5.41. The van der Waals surface area contributed by atoms with Gasteiger partial charge in [-0.1, -0.05) is 31.5 Å². The van der Waals surface area contributed by atoms with E-state index in [1.54, 1.807) is 0 Å². The fourth-order valence-corrected chi connectivity index (χ4v) is 2.53. The molecule has 1 N–H and O–H groups in total. The monoisotopic (exact) mass is 246 g/mol. The first-order valence-corrected chi connectivity index (χ1v) is 6.85. The van der Waals surface area contributed by atoms with Crippen LogP contribution in [-0.4, -0.2) is 21.5 Å². The highest BCUT2D eigenvalue weighted by Crippen LogP contribution is 2.22. The number of aliphatic hydroxyl groups excluding tert-OH is 1. The van der Waals surface area contributed by atoms with Crippen LogP contribution in [0, 0.1) is 5.92 Å². The summed E-state index contributed by atoms with van der Waals surface area (Å²) in [5, 5.41) is 15.3. The topological polar surface area (TPSA) is 38.1 Å². The van der Waals surface area contributed by atoms with Gasteiger partial charge in [0.15, 0.2) is 0 Å². The molecular weight excluding hydrogens is 224 g/mol. The van der Waals surface area contributed by atoms with Crippen LogP contribution in [0.4, 0.5) is 0 Å². The summed E-state index contributed by atoms with van der Waals surface area (Å²) in [4.78, 5) is 0. The third-order valence-electron chi connectivity index (χ3n) is 3.47. The second kappa shape index (κ2) is 6.01. The molecule has 1 atom stereocenters. The van der Waals surface area contributed by atoms with Crippen molar-refractivity contribution >= 4 is 10.9 Å². The molecule has 1 aromatic heterocycles. The van der Waals surface area contributed by atoms with Crippen LogP contribution in [0.3, 0.4) is 0 Å². The highest BCUT2D eigenvalue weighted by Gasteiger charge is 2.14. The van der Waals surface area contributed by atoms with Crippen LogP contribution in [0.5, 0.6) is 0 Å². The first-order chi connectivity index (χ1) is 8.80. The Kier molecular flexibility index (Phi) is 4.37. The molecule has 0 saturated carbocycles. The van der Waals surface area contributed by atoms with Gasteiger partial charge in [0.1, 0.15) is 0 Å². The second-order valence-electron chi connectivity index (χ2n) is 4.82. The Bertz CT molecular complexity index is 504. The van der Waals surface area contributed by atoms with Crippen molar-refractivity contribution in [3.05, 3.63) is 30.0 Å². The van der Waals surface area contributed by atoms with Crippen molar-refractivity contribution in [3.63, 3.8) is 0 Å². The van der Waals surface area contributed by atoms with Gasteiger partial charge in [-0.05, 0) is 31.7 Å². The highest BCUT2D eigenvalue weighted by atomic mass is 16.3. The minimum Gasteiger partial charge on any atom is -0.396 e. The summed E-state index contributed by atoms with van der Waals surface area (Å²) in [5.41, 5.74) is 2.32. The number of hydrogen-bond donors (Lipinski definition) is 1. The van der Waals surface area contributed by atoms with Crippen molar-refractivity contribution in [2.24, 2.45) is 5.92 Å². The smallest absolute Gasteiger partial charge is 0.0707 e. The normalized spacial score (nSPS) is 13.1. The fraction of sp³-hybridized carbons (Fsp3) is 0.533. The van der Waals surface area contributed by atoms with Gasteiger partial charge >= 0.3 is 0 Å². The van der Waals surface area contributed by atoms with Crippen molar-refractivity contribution in [1.82, 2.24) is 9.78 Å². The average molecular weight is 246 g/mol. The summed E-state index contributed by atoms with van der Waals surface area (Å²) in [6, 6.07) is 8.35. The number of aliphatic hydroxyl groups is 1. The first-order valence-electron chi connectivity index (χ1n) is 6.85. The maximum atomic E-state index is 9.42. The summed E-state index contributed by atoms with van der Waals surface area (Å²) in [7, 11) is 0. The SMILES string of the molecule is CCCC(CO)Cc1nn(CC)c2ccccc12. The zero-order chi connectivity index (χ0) is 13.0. The molecule has 2 rings (SSSR count). The van der Waals surface area contributed by atoms with Crippen LogP contribution in [-0.2, 0) is 13.0 Å². The predicted octanol–water partition coefficient (Wildman–Crippen LogP) is 3.01. The van der Waals surface area contributed by atoms with Gasteiger partial charge in [-0.15, -0.1) is 0 Å². The molecule has 0 aliphatic carbocycles. The second-order valence-corrected chi connectivity index (χ2v) is 4.82. The predicted molar refractivity (Wildman–Crippen MR) is 74.6 cm³/mol. The number of aryl methyl sites for hydroxylation is 1. The third kappa shape index (κ3) is 2.56. The fourth-order valence-electron chi connectivity index (χ4n) is 2.53. The molecule has 0 aliphatic heterocycles. The molecular formula is C15H22N2O. The lowest BCUT2D eigenvalue weighted by molar-refractivity contribution is 0.216. The number of hydrogen-bond acceptors (Lipinski definition) is 2. The average Bonchev–Trinajstić information content (AvgIpc) is 2.76. The molecule has 3 heteroatoms. The van der Waals surface area contributed by atoms with Crippen molar-refractivity contribution in [2.75, 3.05) is 6.61 Å². The van der Waals surface area contributed by atoms with E-state index < -0.39 is 0 Å². The molecule has 0 fully saturated rings. The molecule has 0 amide bonds. The number of para-hydroxylation sites is 1. The molecule has 0 saturated heterocycles. The molecule has 0 spiro atoms. The quantitative estimate of drug-likeness (QED) is 0.851. The number of rotatable bonds is 6. The minimum absolute atomic E-state index is 0.251. The van der Waals surface area contributed by atoms with Gasteiger partial charge in [-0.3, -0.25) is 4.68 Å². The van der Waals surface area contributed by atoms with Crippen LogP contribution in [0.15, 0.2) is 24.3 Å². The lowest BCUT2D eigenvalue weighted by atomic mass is 9.97. The Labute approximate surface area is 108 Å². The zero-order valence-corrected chi connectivity index (χ0v) is 11.3. The van der Waals surface area contributed by atoms with Gasteiger partial charge in [0.25, 0.3) is 0 Å². The van der Waals surface area contributed by atoms with Gasteiger partial charge in [0.05, 0.1) is 11.2 Å². The maximum absolute atomic E-state index is 9.42. The van der Waals surface area contributed by atoms with Gasteiger partial charge in [-0.2, -0.15) is 5.10 Å². The molecule has 0 aliphatic rings. The zero-order valence-electron chi connectivity index (χ0n) is 11.3. The van der Waals surface area contributed by atoms with Crippen molar-refractivity contribution in [1.29, 1.82) is 0 Å². The standard InChI is InChI=1S/C15H22N2O/c1-3-7-12(11-18)10-14-13-8-5-6-9-15(13)17(4-2)16-14/h5-6,8-9,12,18H,3-4,7,10-11H2,1-2H3. The summed E-state index contributed by atoms with van der Waals surface area (Å²) in [5.74, 6) is 0.332. The summed E-state index contributed by atoms with van der Waals surface area (Å²) < 4.78 is 2.05. The number of aromatic nitrogens is 2. The minimum atomic E-state index is 0.251. The van der Waals surface area contributed by atoms with E-state index in [1.165, 1.54) is 10.9 Å². The number of fused-ring (bicyclic) bond motifs is 1.